The van der Waals surface area contributed by atoms with Crippen molar-refractivity contribution >= 4 is 11.5 Å². The SMILES string of the molecule is CC(C)(O)CO/N=C(/c1ccc(CN2CCC(c3cnc4ncccn34)CC2)cc1)c1ccc(F)c(F)c1. The van der Waals surface area contributed by atoms with Crippen LogP contribution in [0.15, 0.2) is 72.3 Å². The van der Waals surface area contributed by atoms with Crippen molar-refractivity contribution in [3.05, 3.63) is 101 Å². The van der Waals surface area contributed by atoms with Crippen LogP contribution in [0.3, 0.4) is 0 Å². The Balaban J connectivity index is 1.26. The fourth-order valence-electron chi connectivity index (χ4n) is 4.73. The molecule has 0 saturated carbocycles. The predicted molar refractivity (Wildman–Crippen MR) is 141 cm³/mol. The van der Waals surface area contributed by atoms with Crippen LogP contribution >= 0.6 is 0 Å². The van der Waals surface area contributed by atoms with E-state index in [4.69, 9.17) is 4.84 Å². The van der Waals surface area contributed by atoms with Crippen molar-refractivity contribution in [2.75, 3.05) is 19.7 Å². The molecule has 0 bridgehead atoms. The maximum Gasteiger partial charge on any atom is 0.233 e. The molecule has 1 fully saturated rings. The van der Waals surface area contributed by atoms with Gasteiger partial charge in [0.1, 0.15) is 12.3 Å². The first-order chi connectivity index (χ1) is 18.3. The lowest BCUT2D eigenvalue weighted by molar-refractivity contribution is -0.0189. The second-order valence-electron chi connectivity index (χ2n) is 10.4. The van der Waals surface area contributed by atoms with E-state index in [1.54, 1.807) is 20.0 Å². The van der Waals surface area contributed by atoms with Gasteiger partial charge in [0.25, 0.3) is 0 Å². The van der Waals surface area contributed by atoms with Gasteiger partial charge >= 0.3 is 0 Å². The number of aliphatic hydroxyl groups is 1. The van der Waals surface area contributed by atoms with Gasteiger partial charge in [-0.1, -0.05) is 29.4 Å². The van der Waals surface area contributed by atoms with E-state index in [9.17, 15) is 13.9 Å². The highest BCUT2D eigenvalue weighted by atomic mass is 19.2. The first-order valence-corrected chi connectivity index (χ1v) is 12.7. The van der Waals surface area contributed by atoms with E-state index in [0.717, 1.165) is 55.9 Å². The summed E-state index contributed by atoms with van der Waals surface area (Å²) in [5, 5.41) is 14.1. The van der Waals surface area contributed by atoms with E-state index in [2.05, 4.69) is 24.4 Å². The molecule has 0 aliphatic carbocycles. The van der Waals surface area contributed by atoms with Crippen molar-refractivity contribution in [2.24, 2.45) is 5.16 Å². The Morgan fingerprint density at radius 3 is 2.50 bits per heavy atom. The quantitative estimate of drug-likeness (QED) is 0.264. The lowest BCUT2D eigenvalue weighted by Crippen LogP contribution is -2.32. The third-order valence-corrected chi connectivity index (χ3v) is 6.72. The van der Waals surface area contributed by atoms with Gasteiger partial charge in [0, 0.05) is 41.7 Å². The van der Waals surface area contributed by atoms with Gasteiger partial charge in [-0.15, -0.1) is 0 Å². The Morgan fingerprint density at radius 2 is 1.79 bits per heavy atom. The molecule has 2 aromatic heterocycles. The van der Waals surface area contributed by atoms with Gasteiger partial charge in [-0.3, -0.25) is 9.30 Å². The first-order valence-electron chi connectivity index (χ1n) is 12.7. The summed E-state index contributed by atoms with van der Waals surface area (Å²) < 4.78 is 29.6. The minimum absolute atomic E-state index is 0.0419. The smallest absolute Gasteiger partial charge is 0.233 e. The molecule has 3 heterocycles. The summed E-state index contributed by atoms with van der Waals surface area (Å²) in [6.07, 6.45) is 7.82. The Labute approximate surface area is 220 Å². The van der Waals surface area contributed by atoms with Crippen molar-refractivity contribution in [1.82, 2.24) is 19.3 Å². The lowest BCUT2D eigenvalue weighted by atomic mass is 9.93. The van der Waals surface area contributed by atoms with Crippen LogP contribution in [0.25, 0.3) is 5.78 Å². The fraction of sp³-hybridized carbons (Fsp3) is 0.345. The number of halogens is 2. The van der Waals surface area contributed by atoms with Gasteiger partial charge in [0.15, 0.2) is 11.6 Å². The zero-order chi connectivity index (χ0) is 26.7. The maximum atomic E-state index is 14.0. The fourth-order valence-corrected chi connectivity index (χ4v) is 4.73. The number of imidazole rings is 1. The van der Waals surface area contributed by atoms with E-state index >= 15 is 0 Å². The molecule has 0 atom stereocenters. The summed E-state index contributed by atoms with van der Waals surface area (Å²) in [5.41, 5.74) is 2.74. The zero-order valence-corrected chi connectivity index (χ0v) is 21.5. The second-order valence-corrected chi connectivity index (χ2v) is 10.4. The van der Waals surface area contributed by atoms with Crippen LogP contribution in [-0.4, -0.2) is 55.4 Å². The van der Waals surface area contributed by atoms with Crippen LogP contribution in [0.1, 0.15) is 55.0 Å². The van der Waals surface area contributed by atoms with Crippen LogP contribution in [0.2, 0.25) is 0 Å². The average Bonchev–Trinajstić information content (AvgIpc) is 3.33. The van der Waals surface area contributed by atoms with E-state index in [1.807, 2.05) is 42.7 Å². The maximum absolute atomic E-state index is 14.0. The van der Waals surface area contributed by atoms with Gasteiger partial charge < -0.3 is 9.94 Å². The largest absolute Gasteiger partial charge is 0.392 e. The molecule has 0 amide bonds. The van der Waals surface area contributed by atoms with E-state index < -0.39 is 17.2 Å². The number of nitrogens with zero attached hydrogens (tertiary/aromatic N) is 5. The first kappa shape index (κ1) is 25.9. The minimum Gasteiger partial charge on any atom is -0.392 e. The number of likely N-dealkylation sites (tertiary alicyclic amines) is 1. The van der Waals surface area contributed by atoms with Gasteiger partial charge in [-0.25, -0.2) is 18.7 Å². The molecule has 1 aliphatic heterocycles. The van der Waals surface area contributed by atoms with Crippen LogP contribution in [-0.2, 0) is 11.4 Å². The summed E-state index contributed by atoms with van der Waals surface area (Å²) in [7, 11) is 0. The molecule has 5 rings (SSSR count). The standard InChI is InChI=1S/C29H31F2N5O2/c1-29(2,37)19-38-34-27(23-8-9-24(30)25(31)16-23)22-6-4-20(5-7-22)18-35-14-10-21(11-15-35)26-17-33-28-32-12-3-13-36(26)28/h3-9,12-13,16-17,21,37H,10-11,14-15,18-19H2,1-2H3/b34-27-. The predicted octanol–water partition coefficient (Wildman–Crippen LogP) is 4.93. The third-order valence-electron chi connectivity index (χ3n) is 6.72. The van der Waals surface area contributed by atoms with Gasteiger partial charge in [0.05, 0.1) is 11.8 Å². The van der Waals surface area contributed by atoms with Gasteiger partial charge in [-0.2, -0.15) is 0 Å². The van der Waals surface area contributed by atoms with E-state index in [-0.39, 0.29) is 6.61 Å². The van der Waals surface area contributed by atoms with Crippen molar-refractivity contribution < 1.29 is 18.7 Å². The molecule has 198 valence electrons. The van der Waals surface area contributed by atoms with E-state index in [0.29, 0.717) is 22.8 Å². The molecule has 1 N–H and O–H groups in total. The molecular formula is C29H31F2N5O2. The van der Waals surface area contributed by atoms with Gasteiger partial charge in [-0.05, 0) is 69.6 Å². The molecule has 4 aromatic rings. The molecule has 0 spiro atoms. The molecule has 0 unspecified atom stereocenters. The third kappa shape index (κ3) is 6.06. The number of hydrogen-bond acceptors (Lipinski definition) is 6. The summed E-state index contributed by atoms with van der Waals surface area (Å²) in [6, 6.07) is 13.4. The normalized spacial score (nSPS) is 15.8. The zero-order valence-electron chi connectivity index (χ0n) is 21.5. The summed E-state index contributed by atoms with van der Waals surface area (Å²) in [4.78, 5) is 16.5. The number of rotatable bonds is 8. The highest BCUT2D eigenvalue weighted by Crippen LogP contribution is 2.29. The molecule has 1 aliphatic rings. The average molecular weight is 520 g/mol. The second kappa shape index (κ2) is 11.0. The van der Waals surface area contributed by atoms with E-state index in [1.165, 1.54) is 11.8 Å². The van der Waals surface area contributed by atoms with Crippen molar-refractivity contribution in [1.29, 1.82) is 0 Å². The van der Waals surface area contributed by atoms with Crippen LogP contribution in [0.4, 0.5) is 8.78 Å². The summed E-state index contributed by atoms with van der Waals surface area (Å²) in [6.45, 7) is 5.94. The highest BCUT2D eigenvalue weighted by molar-refractivity contribution is 6.12. The number of hydrogen-bond donors (Lipinski definition) is 1. The molecule has 1 saturated heterocycles. The molecule has 7 nitrogen and oxygen atoms in total. The monoisotopic (exact) mass is 519 g/mol. The van der Waals surface area contributed by atoms with Crippen LogP contribution < -0.4 is 0 Å². The molecule has 0 radical (unpaired) electrons. The molecule has 9 heteroatoms. The Hall–Kier alpha value is -3.69. The number of oxime groups is 1. The van der Waals surface area contributed by atoms with Crippen molar-refractivity contribution in [3.63, 3.8) is 0 Å². The number of aromatic nitrogens is 3. The Kier molecular flexibility index (Phi) is 7.49. The Morgan fingerprint density at radius 1 is 1.05 bits per heavy atom. The Bertz CT molecular complexity index is 1420. The van der Waals surface area contributed by atoms with Crippen molar-refractivity contribution in [2.45, 2.75) is 44.8 Å². The van der Waals surface area contributed by atoms with Crippen LogP contribution in [0.5, 0.6) is 0 Å². The molecule has 2 aromatic carbocycles. The molecule has 38 heavy (non-hydrogen) atoms. The van der Waals surface area contributed by atoms with Crippen molar-refractivity contribution in [3.8, 4) is 0 Å². The number of fused-ring (bicyclic) bond motifs is 1. The number of benzene rings is 2. The summed E-state index contributed by atoms with van der Waals surface area (Å²) >= 11 is 0. The van der Waals surface area contributed by atoms with Crippen LogP contribution in [0, 0.1) is 11.6 Å². The number of piperidine rings is 1. The topological polar surface area (TPSA) is 75.2 Å². The minimum atomic E-state index is -1.08. The van der Waals surface area contributed by atoms with Gasteiger partial charge in [0.2, 0.25) is 5.78 Å². The lowest BCUT2D eigenvalue weighted by Gasteiger charge is -2.31. The highest BCUT2D eigenvalue weighted by Gasteiger charge is 2.23. The summed E-state index contributed by atoms with van der Waals surface area (Å²) in [5.74, 6) is -0.700. The molecular weight excluding hydrogens is 488 g/mol.